The number of hydrogen-bond donors (Lipinski definition) is 2. The number of likely N-dealkylation sites (tertiary alicyclic amines) is 1. The molecule has 0 spiro atoms. The van der Waals surface area contributed by atoms with Gasteiger partial charge in [-0.15, -0.1) is 10.2 Å². The second kappa shape index (κ2) is 7.03. The lowest BCUT2D eigenvalue weighted by Crippen LogP contribution is -2.43. The number of nitrogens with one attached hydrogen (secondary N) is 2. The molecule has 2 aliphatic heterocycles. The molecular weight excluding hydrogens is 318 g/mol. The summed E-state index contributed by atoms with van der Waals surface area (Å²) in [7, 11) is 0. The van der Waals surface area contributed by atoms with Crippen LogP contribution in [-0.4, -0.2) is 52.0 Å². The Morgan fingerprint density at radius 3 is 2.74 bits per heavy atom. The van der Waals surface area contributed by atoms with E-state index in [0.717, 1.165) is 6.42 Å². The average molecular weight is 337 g/mol. The molecule has 2 aliphatic rings. The third kappa shape index (κ3) is 4.04. The quantitative estimate of drug-likeness (QED) is 0.827. The molecule has 3 amide bonds. The molecule has 0 radical (unpaired) electrons. The van der Waals surface area contributed by atoms with E-state index in [2.05, 4.69) is 20.8 Å². The van der Waals surface area contributed by atoms with E-state index in [1.807, 2.05) is 0 Å². The van der Waals surface area contributed by atoms with E-state index in [4.69, 9.17) is 0 Å². The lowest BCUT2D eigenvalue weighted by Gasteiger charge is -2.31. The van der Waals surface area contributed by atoms with Crippen LogP contribution in [0.15, 0.2) is 5.51 Å². The largest absolute Gasteiger partial charge is 0.353 e. The third-order valence-corrected chi connectivity index (χ3v) is 4.92. The number of rotatable bonds is 4. The highest BCUT2D eigenvalue weighted by Crippen LogP contribution is 2.21. The standard InChI is InChI=1S/C14H19N5O3S/c20-11-2-1-10(16-11)7-12(21)19-5-3-9(4-6-19)13(22)17-14-18-15-8-23-14/h8-10H,1-7H2,(H,16,20)(H,17,18,22). The van der Waals surface area contributed by atoms with Gasteiger partial charge in [-0.3, -0.25) is 14.4 Å². The van der Waals surface area contributed by atoms with Crippen molar-refractivity contribution in [3.05, 3.63) is 5.51 Å². The minimum absolute atomic E-state index is 0.0230. The number of anilines is 1. The van der Waals surface area contributed by atoms with Gasteiger partial charge in [-0.2, -0.15) is 0 Å². The number of amides is 3. The molecule has 8 nitrogen and oxygen atoms in total. The first kappa shape index (κ1) is 15.9. The fraction of sp³-hybridized carbons (Fsp3) is 0.643. The molecule has 3 rings (SSSR count). The van der Waals surface area contributed by atoms with Gasteiger partial charge in [0, 0.05) is 37.9 Å². The molecule has 23 heavy (non-hydrogen) atoms. The summed E-state index contributed by atoms with van der Waals surface area (Å²) < 4.78 is 0. The van der Waals surface area contributed by atoms with E-state index in [1.54, 1.807) is 10.4 Å². The molecule has 124 valence electrons. The molecule has 1 atom stereocenters. The minimum atomic E-state index is -0.103. The van der Waals surface area contributed by atoms with Crippen molar-refractivity contribution in [3.63, 3.8) is 0 Å². The fourth-order valence-corrected chi connectivity index (χ4v) is 3.44. The Morgan fingerprint density at radius 1 is 1.35 bits per heavy atom. The molecule has 0 bridgehead atoms. The summed E-state index contributed by atoms with van der Waals surface area (Å²) in [5.41, 5.74) is 1.57. The van der Waals surface area contributed by atoms with E-state index >= 15 is 0 Å². The van der Waals surface area contributed by atoms with E-state index in [9.17, 15) is 14.4 Å². The smallest absolute Gasteiger partial charge is 0.229 e. The summed E-state index contributed by atoms with van der Waals surface area (Å²) in [6, 6.07) is -0.0339. The molecule has 0 aromatic carbocycles. The van der Waals surface area contributed by atoms with Crippen LogP contribution >= 0.6 is 11.3 Å². The summed E-state index contributed by atoms with van der Waals surface area (Å²) in [6.45, 7) is 1.15. The molecule has 1 aromatic heterocycles. The normalized spacial score (nSPS) is 22.0. The molecule has 9 heteroatoms. The van der Waals surface area contributed by atoms with E-state index < -0.39 is 0 Å². The molecule has 2 fully saturated rings. The van der Waals surface area contributed by atoms with Gasteiger partial charge < -0.3 is 15.5 Å². The van der Waals surface area contributed by atoms with Crippen LogP contribution in [0.1, 0.15) is 32.1 Å². The van der Waals surface area contributed by atoms with Crippen molar-refractivity contribution >= 4 is 34.2 Å². The Kier molecular flexibility index (Phi) is 4.85. The average Bonchev–Trinajstić information content (AvgIpc) is 3.19. The predicted molar refractivity (Wildman–Crippen MR) is 83.6 cm³/mol. The summed E-state index contributed by atoms with van der Waals surface area (Å²) in [4.78, 5) is 37.3. The van der Waals surface area contributed by atoms with Gasteiger partial charge in [0.05, 0.1) is 0 Å². The van der Waals surface area contributed by atoms with Gasteiger partial charge in [-0.05, 0) is 19.3 Å². The van der Waals surface area contributed by atoms with Crippen LogP contribution in [0.3, 0.4) is 0 Å². The van der Waals surface area contributed by atoms with Crippen LogP contribution in [0.2, 0.25) is 0 Å². The highest BCUT2D eigenvalue weighted by atomic mass is 32.1. The van der Waals surface area contributed by atoms with Crippen molar-refractivity contribution in [2.24, 2.45) is 5.92 Å². The van der Waals surface area contributed by atoms with Crippen LogP contribution in [0.25, 0.3) is 0 Å². The van der Waals surface area contributed by atoms with E-state index in [1.165, 1.54) is 11.3 Å². The van der Waals surface area contributed by atoms with Crippen molar-refractivity contribution in [2.75, 3.05) is 18.4 Å². The van der Waals surface area contributed by atoms with Gasteiger partial charge in [-0.1, -0.05) is 11.3 Å². The van der Waals surface area contributed by atoms with Crippen molar-refractivity contribution in [3.8, 4) is 0 Å². The van der Waals surface area contributed by atoms with Gasteiger partial charge >= 0.3 is 0 Å². The lowest BCUT2D eigenvalue weighted by molar-refractivity contribution is -0.135. The topological polar surface area (TPSA) is 104 Å². The first-order chi connectivity index (χ1) is 11.1. The Bertz CT molecular complexity index is 583. The summed E-state index contributed by atoms with van der Waals surface area (Å²) in [5, 5.41) is 13.5. The number of carbonyl (C=O) groups excluding carboxylic acids is 3. The molecule has 0 saturated carbocycles. The zero-order valence-electron chi connectivity index (χ0n) is 12.7. The summed E-state index contributed by atoms with van der Waals surface area (Å²) in [5.74, 6) is -0.0823. The second-order valence-corrected chi connectivity index (χ2v) is 6.73. The minimum Gasteiger partial charge on any atom is -0.353 e. The number of aromatic nitrogens is 2. The van der Waals surface area contributed by atoms with Crippen molar-refractivity contribution in [1.29, 1.82) is 0 Å². The van der Waals surface area contributed by atoms with Crippen LogP contribution < -0.4 is 10.6 Å². The number of carbonyl (C=O) groups is 3. The molecule has 1 unspecified atom stereocenters. The van der Waals surface area contributed by atoms with E-state index in [-0.39, 0.29) is 29.7 Å². The molecule has 0 aliphatic carbocycles. The fourth-order valence-electron chi connectivity index (χ4n) is 3.00. The Morgan fingerprint density at radius 2 is 2.13 bits per heavy atom. The Labute approximate surface area is 137 Å². The van der Waals surface area contributed by atoms with Gasteiger partial charge in [0.2, 0.25) is 22.9 Å². The second-order valence-electron chi connectivity index (χ2n) is 5.90. The predicted octanol–water partition coefficient (Wildman–Crippen LogP) is 0.384. The monoisotopic (exact) mass is 337 g/mol. The zero-order valence-corrected chi connectivity index (χ0v) is 13.5. The van der Waals surface area contributed by atoms with Crippen LogP contribution in [-0.2, 0) is 14.4 Å². The van der Waals surface area contributed by atoms with Crippen molar-refractivity contribution in [1.82, 2.24) is 20.4 Å². The molecule has 2 saturated heterocycles. The molecular formula is C14H19N5O3S. The lowest BCUT2D eigenvalue weighted by atomic mass is 9.95. The highest BCUT2D eigenvalue weighted by Gasteiger charge is 2.30. The number of hydrogen-bond acceptors (Lipinski definition) is 6. The van der Waals surface area contributed by atoms with Gasteiger partial charge in [0.1, 0.15) is 5.51 Å². The molecule has 3 heterocycles. The number of nitrogens with zero attached hydrogens (tertiary/aromatic N) is 3. The van der Waals surface area contributed by atoms with Gasteiger partial charge in [0.25, 0.3) is 0 Å². The summed E-state index contributed by atoms with van der Waals surface area (Å²) >= 11 is 1.29. The van der Waals surface area contributed by atoms with Crippen LogP contribution in [0.4, 0.5) is 5.13 Å². The highest BCUT2D eigenvalue weighted by molar-refractivity contribution is 7.13. The number of piperidine rings is 1. The van der Waals surface area contributed by atoms with Crippen LogP contribution in [0.5, 0.6) is 0 Å². The van der Waals surface area contributed by atoms with Gasteiger partial charge in [0.15, 0.2) is 0 Å². The van der Waals surface area contributed by atoms with Gasteiger partial charge in [-0.25, -0.2) is 0 Å². The zero-order chi connectivity index (χ0) is 16.2. The first-order valence-corrected chi connectivity index (χ1v) is 8.64. The third-order valence-electron chi connectivity index (χ3n) is 4.31. The first-order valence-electron chi connectivity index (χ1n) is 7.76. The summed E-state index contributed by atoms with van der Waals surface area (Å²) in [6.07, 6.45) is 2.88. The maximum Gasteiger partial charge on any atom is 0.229 e. The maximum absolute atomic E-state index is 12.3. The molecule has 2 N–H and O–H groups in total. The van der Waals surface area contributed by atoms with E-state index in [0.29, 0.717) is 43.9 Å². The SMILES string of the molecule is O=C1CCC(CC(=O)N2CCC(C(=O)Nc3nncs3)CC2)N1. The molecule has 1 aromatic rings. The van der Waals surface area contributed by atoms with Crippen molar-refractivity contribution < 1.29 is 14.4 Å². The van der Waals surface area contributed by atoms with Crippen molar-refractivity contribution in [2.45, 2.75) is 38.1 Å². The Balaban J connectivity index is 1.43. The Hall–Kier alpha value is -2.03. The van der Waals surface area contributed by atoms with Crippen LogP contribution in [0, 0.1) is 5.92 Å². The maximum atomic E-state index is 12.3.